The predicted molar refractivity (Wildman–Crippen MR) is 64.2 cm³/mol. The van der Waals surface area contributed by atoms with Crippen molar-refractivity contribution in [2.24, 2.45) is 5.41 Å². The van der Waals surface area contributed by atoms with Gasteiger partial charge in [0.05, 0.1) is 7.11 Å². The lowest BCUT2D eigenvalue weighted by atomic mass is 9.82. The van der Waals surface area contributed by atoms with E-state index in [4.69, 9.17) is 4.74 Å². The minimum absolute atomic E-state index is 0.0563. The molecule has 0 aliphatic carbocycles. The highest BCUT2D eigenvalue weighted by molar-refractivity contribution is 5.33. The number of hydrogen-bond acceptors (Lipinski definition) is 2. The van der Waals surface area contributed by atoms with Gasteiger partial charge in [0.2, 0.25) is 0 Å². The Morgan fingerprint density at radius 1 is 1.18 bits per heavy atom. The molecule has 1 N–H and O–H groups in total. The van der Waals surface area contributed by atoms with Crippen LogP contribution in [0.2, 0.25) is 0 Å². The minimum Gasteiger partial charge on any atom is -0.497 e. The fourth-order valence-electron chi connectivity index (χ4n) is 1.97. The molecular weight excluding hydrogens is 224 g/mol. The number of halogens is 2. The van der Waals surface area contributed by atoms with Crippen LogP contribution in [0.3, 0.4) is 0 Å². The third-order valence-corrected chi connectivity index (χ3v) is 2.73. The lowest BCUT2D eigenvalue weighted by molar-refractivity contribution is 0.271. The van der Waals surface area contributed by atoms with Crippen molar-refractivity contribution < 1.29 is 13.5 Å². The fraction of sp³-hybridized carbons (Fsp3) is 0.538. The molecule has 0 bridgehead atoms. The number of nitrogens with one attached hydrogen (secondary N) is 1. The summed E-state index contributed by atoms with van der Waals surface area (Å²) in [5, 5.41) is 2.96. The maximum absolute atomic E-state index is 13.9. The highest BCUT2D eigenvalue weighted by Crippen LogP contribution is 2.36. The molecule has 2 nitrogen and oxygen atoms in total. The Morgan fingerprint density at radius 3 is 1.94 bits per heavy atom. The van der Waals surface area contributed by atoms with Gasteiger partial charge in [0.25, 0.3) is 0 Å². The van der Waals surface area contributed by atoms with Gasteiger partial charge >= 0.3 is 0 Å². The molecule has 0 spiro atoms. The van der Waals surface area contributed by atoms with Crippen molar-refractivity contribution in [2.45, 2.75) is 26.8 Å². The second-order valence-corrected chi connectivity index (χ2v) is 5.09. The van der Waals surface area contributed by atoms with E-state index in [-0.39, 0.29) is 16.7 Å². The van der Waals surface area contributed by atoms with Crippen LogP contribution in [0.4, 0.5) is 8.78 Å². The molecule has 17 heavy (non-hydrogen) atoms. The Morgan fingerprint density at radius 2 is 1.65 bits per heavy atom. The van der Waals surface area contributed by atoms with Gasteiger partial charge in [-0.25, -0.2) is 8.78 Å². The molecule has 0 saturated carbocycles. The number of hydrogen-bond donors (Lipinski definition) is 1. The lowest BCUT2D eigenvalue weighted by Gasteiger charge is -2.31. The SMILES string of the molecule is CNC(c1c(F)cc(OC)cc1F)C(C)(C)C. The zero-order chi connectivity index (χ0) is 13.2. The highest BCUT2D eigenvalue weighted by Gasteiger charge is 2.30. The van der Waals surface area contributed by atoms with Gasteiger partial charge in [-0.1, -0.05) is 20.8 Å². The molecule has 0 fully saturated rings. The van der Waals surface area contributed by atoms with Crippen LogP contribution in [0.15, 0.2) is 12.1 Å². The summed E-state index contributed by atoms with van der Waals surface area (Å²) in [7, 11) is 3.08. The Kier molecular flexibility index (Phi) is 4.09. The van der Waals surface area contributed by atoms with Crippen LogP contribution >= 0.6 is 0 Å². The van der Waals surface area contributed by atoms with Crippen LogP contribution in [0.25, 0.3) is 0 Å². The average molecular weight is 243 g/mol. The molecule has 1 rings (SSSR count). The summed E-state index contributed by atoms with van der Waals surface area (Å²) in [5.41, 5.74) is -0.230. The fourth-order valence-corrected chi connectivity index (χ4v) is 1.97. The molecule has 96 valence electrons. The largest absolute Gasteiger partial charge is 0.497 e. The molecule has 4 heteroatoms. The Labute approximate surface area is 101 Å². The highest BCUT2D eigenvalue weighted by atomic mass is 19.1. The molecule has 0 heterocycles. The summed E-state index contributed by atoms with van der Waals surface area (Å²) in [5.74, 6) is -0.986. The van der Waals surface area contributed by atoms with Gasteiger partial charge in [0.1, 0.15) is 17.4 Å². The van der Waals surface area contributed by atoms with Crippen LogP contribution in [0.5, 0.6) is 5.75 Å². The van der Waals surface area contributed by atoms with E-state index in [9.17, 15) is 8.78 Å². The zero-order valence-electron chi connectivity index (χ0n) is 10.9. The van der Waals surface area contributed by atoms with Crippen molar-refractivity contribution >= 4 is 0 Å². The first-order valence-corrected chi connectivity index (χ1v) is 5.51. The number of rotatable bonds is 3. The lowest BCUT2D eigenvalue weighted by Crippen LogP contribution is -2.31. The predicted octanol–water partition coefficient (Wildman–Crippen LogP) is 3.28. The van der Waals surface area contributed by atoms with Gasteiger partial charge in [-0.2, -0.15) is 0 Å². The van der Waals surface area contributed by atoms with Gasteiger partial charge < -0.3 is 10.1 Å². The molecule has 1 aromatic carbocycles. The first-order chi connectivity index (χ1) is 7.81. The van der Waals surface area contributed by atoms with Crippen LogP contribution < -0.4 is 10.1 Å². The van der Waals surface area contributed by atoms with Crippen LogP contribution in [-0.4, -0.2) is 14.2 Å². The molecule has 1 unspecified atom stereocenters. The molecule has 0 radical (unpaired) electrons. The third kappa shape index (κ3) is 2.94. The molecule has 0 aromatic heterocycles. The Balaban J connectivity index is 3.30. The topological polar surface area (TPSA) is 21.3 Å². The average Bonchev–Trinajstić information content (AvgIpc) is 2.20. The van der Waals surface area contributed by atoms with Gasteiger partial charge in [-0.3, -0.25) is 0 Å². The van der Waals surface area contributed by atoms with E-state index in [1.807, 2.05) is 20.8 Å². The van der Waals surface area contributed by atoms with Crippen molar-refractivity contribution in [3.05, 3.63) is 29.3 Å². The number of methoxy groups -OCH3 is 1. The van der Waals surface area contributed by atoms with Gasteiger partial charge in [-0.15, -0.1) is 0 Å². The normalized spacial score (nSPS) is 13.6. The molecular formula is C13H19F2NO. The number of ether oxygens (including phenoxy) is 1. The maximum atomic E-state index is 13.9. The van der Waals surface area contributed by atoms with Gasteiger partial charge in [-0.05, 0) is 12.5 Å². The molecule has 0 amide bonds. The summed E-state index contributed by atoms with van der Waals surface area (Å²) < 4.78 is 32.6. The minimum atomic E-state index is -0.587. The van der Waals surface area contributed by atoms with E-state index in [2.05, 4.69) is 5.32 Å². The number of benzene rings is 1. The summed E-state index contributed by atoms with van der Waals surface area (Å²) in [6, 6.07) is 2.01. The molecule has 0 saturated heterocycles. The molecule has 0 aliphatic rings. The van der Waals surface area contributed by atoms with Crippen molar-refractivity contribution in [2.75, 3.05) is 14.2 Å². The first-order valence-electron chi connectivity index (χ1n) is 5.51. The first kappa shape index (κ1) is 13.9. The maximum Gasteiger partial charge on any atom is 0.134 e. The van der Waals surface area contributed by atoms with E-state index >= 15 is 0 Å². The Hall–Kier alpha value is -1.16. The van der Waals surface area contributed by atoms with E-state index in [1.54, 1.807) is 7.05 Å². The monoisotopic (exact) mass is 243 g/mol. The van der Waals surface area contributed by atoms with Crippen LogP contribution in [0.1, 0.15) is 32.4 Å². The summed E-state index contributed by atoms with van der Waals surface area (Å²) in [6.07, 6.45) is 0. The van der Waals surface area contributed by atoms with E-state index < -0.39 is 17.7 Å². The van der Waals surface area contributed by atoms with Crippen LogP contribution in [0, 0.1) is 17.0 Å². The van der Waals surface area contributed by atoms with Crippen molar-refractivity contribution in [1.29, 1.82) is 0 Å². The standard InChI is InChI=1S/C13H19F2NO/c1-13(2,3)12(16-4)11-9(14)6-8(17-5)7-10(11)15/h6-7,12,16H,1-5H3. The van der Waals surface area contributed by atoms with Crippen molar-refractivity contribution in [1.82, 2.24) is 5.32 Å². The summed E-state index contributed by atoms with van der Waals surface area (Å²) in [4.78, 5) is 0. The molecule has 0 aliphatic heterocycles. The second-order valence-electron chi connectivity index (χ2n) is 5.09. The second kappa shape index (κ2) is 5.00. The van der Waals surface area contributed by atoms with E-state index in [1.165, 1.54) is 19.2 Å². The smallest absolute Gasteiger partial charge is 0.134 e. The third-order valence-electron chi connectivity index (χ3n) is 2.73. The molecule has 1 aromatic rings. The zero-order valence-corrected chi connectivity index (χ0v) is 10.9. The Bertz CT molecular complexity index is 376. The van der Waals surface area contributed by atoms with Crippen molar-refractivity contribution in [3.63, 3.8) is 0 Å². The van der Waals surface area contributed by atoms with E-state index in [0.717, 1.165) is 0 Å². The quantitative estimate of drug-likeness (QED) is 0.879. The van der Waals surface area contributed by atoms with Gasteiger partial charge in [0.15, 0.2) is 0 Å². The summed E-state index contributed by atoms with van der Waals surface area (Å²) in [6.45, 7) is 5.78. The van der Waals surface area contributed by atoms with Gasteiger partial charge in [0, 0.05) is 23.7 Å². The van der Waals surface area contributed by atoms with E-state index in [0.29, 0.717) is 0 Å². The summed E-state index contributed by atoms with van der Waals surface area (Å²) >= 11 is 0. The molecule has 1 atom stereocenters. The van der Waals surface area contributed by atoms with Crippen molar-refractivity contribution in [3.8, 4) is 5.75 Å². The van der Waals surface area contributed by atoms with Crippen LogP contribution in [-0.2, 0) is 0 Å².